The number of amides is 1. The summed E-state index contributed by atoms with van der Waals surface area (Å²) in [6, 6.07) is 1.23. The fourth-order valence-electron chi connectivity index (χ4n) is 2.00. The lowest BCUT2D eigenvalue weighted by Crippen LogP contribution is -2.45. The van der Waals surface area contributed by atoms with Gasteiger partial charge in [0.15, 0.2) is 5.82 Å². The highest BCUT2D eigenvalue weighted by atomic mass is 19.1. The van der Waals surface area contributed by atoms with Crippen molar-refractivity contribution >= 4 is 11.6 Å². The molecule has 2 heterocycles. The van der Waals surface area contributed by atoms with Gasteiger partial charge in [0.25, 0.3) is 0 Å². The van der Waals surface area contributed by atoms with Gasteiger partial charge in [-0.15, -0.1) is 0 Å². The Morgan fingerprint density at radius 3 is 3.18 bits per heavy atom. The number of anilines is 1. The fourth-order valence-corrected chi connectivity index (χ4v) is 2.00. The Bertz CT molecular complexity index is 410. The van der Waals surface area contributed by atoms with Gasteiger partial charge in [0, 0.05) is 6.20 Å². The minimum atomic E-state index is -0.510. The largest absolute Gasteiger partial charge is 0.322 e. The maximum Gasteiger partial charge on any atom is 0.241 e. The molecule has 0 radical (unpaired) electrons. The second kappa shape index (κ2) is 5.23. The van der Waals surface area contributed by atoms with Crippen LogP contribution in [0.3, 0.4) is 0 Å². The first-order chi connectivity index (χ1) is 8.16. The molecule has 1 amide bonds. The topological polar surface area (TPSA) is 54.0 Å². The van der Waals surface area contributed by atoms with Crippen LogP contribution in [-0.2, 0) is 4.79 Å². The highest BCUT2D eigenvalue weighted by Gasteiger charge is 2.24. The van der Waals surface area contributed by atoms with E-state index in [1.807, 2.05) is 0 Å². The molecule has 0 spiro atoms. The summed E-state index contributed by atoms with van der Waals surface area (Å²) in [5, 5.41) is 5.72. The number of nitrogens with one attached hydrogen (secondary N) is 2. The molecule has 2 unspecified atom stereocenters. The molecule has 1 saturated heterocycles. The number of hydrogen-bond donors (Lipinski definition) is 2. The smallest absolute Gasteiger partial charge is 0.241 e. The highest BCUT2D eigenvalue weighted by molar-refractivity contribution is 5.94. The van der Waals surface area contributed by atoms with Gasteiger partial charge in [-0.1, -0.05) is 6.92 Å². The van der Waals surface area contributed by atoms with E-state index in [1.54, 1.807) is 0 Å². The van der Waals surface area contributed by atoms with Gasteiger partial charge in [-0.25, -0.2) is 4.39 Å². The van der Waals surface area contributed by atoms with Crippen LogP contribution >= 0.6 is 0 Å². The lowest BCUT2D eigenvalue weighted by molar-refractivity contribution is -0.119. The van der Waals surface area contributed by atoms with Gasteiger partial charge in [0.1, 0.15) is 0 Å². The van der Waals surface area contributed by atoms with Crippen LogP contribution in [0.15, 0.2) is 18.5 Å². The van der Waals surface area contributed by atoms with Gasteiger partial charge >= 0.3 is 0 Å². The third-order valence-corrected chi connectivity index (χ3v) is 3.01. The summed E-state index contributed by atoms with van der Waals surface area (Å²) in [7, 11) is 0. The zero-order valence-electron chi connectivity index (χ0n) is 9.74. The first kappa shape index (κ1) is 12.0. The molecule has 5 heteroatoms. The lowest BCUT2D eigenvalue weighted by Gasteiger charge is -2.27. The third kappa shape index (κ3) is 3.00. The zero-order valence-corrected chi connectivity index (χ0v) is 9.74. The molecule has 92 valence electrons. The van der Waals surface area contributed by atoms with Gasteiger partial charge < -0.3 is 10.6 Å². The Labute approximate surface area is 99.6 Å². The predicted molar refractivity (Wildman–Crippen MR) is 63.0 cm³/mol. The number of piperidine rings is 1. The van der Waals surface area contributed by atoms with Gasteiger partial charge in [0.2, 0.25) is 5.91 Å². The molecule has 2 rings (SSSR count). The lowest BCUT2D eigenvalue weighted by atomic mass is 9.94. The maximum atomic E-state index is 13.3. The van der Waals surface area contributed by atoms with Crippen molar-refractivity contribution in [2.24, 2.45) is 5.92 Å². The Kier molecular flexibility index (Phi) is 3.68. The average Bonchev–Trinajstić information content (AvgIpc) is 2.32. The van der Waals surface area contributed by atoms with Crippen molar-refractivity contribution in [1.29, 1.82) is 0 Å². The van der Waals surface area contributed by atoms with Crippen LogP contribution in [-0.4, -0.2) is 23.5 Å². The maximum absolute atomic E-state index is 13.3. The molecule has 1 aromatic rings. The molecule has 17 heavy (non-hydrogen) atoms. The standard InChI is InChI=1S/C12H16FN3O/c1-8-2-5-15-11(6-8)12(17)16-10-3-4-14-7-9(10)13/h3-4,7-8,11,15H,2,5-6H2,1H3,(H,14,16,17). The van der Waals surface area contributed by atoms with Gasteiger partial charge in [-0.05, 0) is 31.4 Å². The SMILES string of the molecule is CC1CCNC(C(=O)Nc2ccncc2F)C1. The fraction of sp³-hybridized carbons (Fsp3) is 0.500. The minimum Gasteiger partial charge on any atom is -0.322 e. The van der Waals surface area contributed by atoms with Crippen LogP contribution in [0.25, 0.3) is 0 Å². The molecule has 0 saturated carbocycles. The summed E-state index contributed by atoms with van der Waals surface area (Å²) in [6.45, 7) is 2.95. The number of carbonyl (C=O) groups excluding carboxylic acids is 1. The second-order valence-electron chi connectivity index (χ2n) is 4.48. The number of aromatic nitrogens is 1. The molecular weight excluding hydrogens is 221 g/mol. The number of hydrogen-bond acceptors (Lipinski definition) is 3. The Morgan fingerprint density at radius 2 is 2.47 bits per heavy atom. The summed E-state index contributed by atoms with van der Waals surface area (Å²) in [4.78, 5) is 15.5. The quantitative estimate of drug-likeness (QED) is 0.820. The molecule has 1 aliphatic rings. The average molecular weight is 237 g/mol. The predicted octanol–water partition coefficient (Wildman–Crippen LogP) is 1.55. The molecule has 1 aromatic heterocycles. The van der Waals surface area contributed by atoms with Crippen LogP contribution < -0.4 is 10.6 Å². The molecule has 1 fully saturated rings. The summed E-state index contributed by atoms with van der Waals surface area (Å²) < 4.78 is 13.3. The van der Waals surface area contributed by atoms with Crippen LogP contribution in [0.1, 0.15) is 19.8 Å². The van der Waals surface area contributed by atoms with E-state index in [4.69, 9.17) is 0 Å². The zero-order chi connectivity index (χ0) is 12.3. The molecular formula is C12H16FN3O. The third-order valence-electron chi connectivity index (χ3n) is 3.01. The molecule has 2 atom stereocenters. The van der Waals surface area contributed by atoms with Crippen molar-refractivity contribution in [1.82, 2.24) is 10.3 Å². The van der Waals surface area contributed by atoms with E-state index in [-0.39, 0.29) is 17.6 Å². The van der Waals surface area contributed by atoms with Crippen molar-refractivity contribution in [2.45, 2.75) is 25.8 Å². The van der Waals surface area contributed by atoms with Gasteiger partial charge in [-0.2, -0.15) is 0 Å². The van der Waals surface area contributed by atoms with E-state index in [2.05, 4.69) is 22.5 Å². The first-order valence-electron chi connectivity index (χ1n) is 5.80. The van der Waals surface area contributed by atoms with Crippen LogP contribution in [0, 0.1) is 11.7 Å². The summed E-state index contributed by atoms with van der Waals surface area (Å²) in [6.07, 6.45) is 4.41. The van der Waals surface area contributed by atoms with E-state index in [9.17, 15) is 9.18 Å². The van der Waals surface area contributed by atoms with E-state index in [0.29, 0.717) is 5.92 Å². The van der Waals surface area contributed by atoms with Crippen molar-refractivity contribution in [3.63, 3.8) is 0 Å². The van der Waals surface area contributed by atoms with E-state index in [1.165, 1.54) is 12.3 Å². The van der Waals surface area contributed by atoms with E-state index in [0.717, 1.165) is 25.6 Å². The highest BCUT2D eigenvalue weighted by Crippen LogP contribution is 2.17. The van der Waals surface area contributed by atoms with Crippen LogP contribution in [0.2, 0.25) is 0 Å². The van der Waals surface area contributed by atoms with Crippen molar-refractivity contribution in [3.05, 3.63) is 24.3 Å². The molecule has 1 aliphatic heterocycles. The van der Waals surface area contributed by atoms with E-state index < -0.39 is 5.82 Å². The second-order valence-corrected chi connectivity index (χ2v) is 4.48. The first-order valence-corrected chi connectivity index (χ1v) is 5.80. The van der Waals surface area contributed by atoms with Crippen molar-refractivity contribution < 1.29 is 9.18 Å². The minimum absolute atomic E-state index is 0.179. The summed E-state index contributed by atoms with van der Waals surface area (Å²) in [5.74, 6) is -0.166. The van der Waals surface area contributed by atoms with Crippen molar-refractivity contribution in [2.75, 3.05) is 11.9 Å². The summed E-state index contributed by atoms with van der Waals surface area (Å²) in [5.41, 5.74) is 0.185. The number of rotatable bonds is 2. The van der Waals surface area contributed by atoms with Crippen molar-refractivity contribution in [3.8, 4) is 0 Å². The monoisotopic (exact) mass is 237 g/mol. The Hall–Kier alpha value is -1.49. The molecule has 0 aromatic carbocycles. The normalized spacial score (nSPS) is 24.4. The Balaban J connectivity index is 1.99. The van der Waals surface area contributed by atoms with Crippen LogP contribution in [0.5, 0.6) is 0 Å². The van der Waals surface area contributed by atoms with Gasteiger partial charge in [-0.3, -0.25) is 9.78 Å². The number of halogens is 1. The Morgan fingerprint density at radius 1 is 1.65 bits per heavy atom. The van der Waals surface area contributed by atoms with Gasteiger partial charge in [0.05, 0.1) is 17.9 Å². The van der Waals surface area contributed by atoms with Crippen LogP contribution in [0.4, 0.5) is 10.1 Å². The summed E-state index contributed by atoms with van der Waals surface area (Å²) >= 11 is 0. The number of carbonyl (C=O) groups is 1. The molecule has 2 N–H and O–H groups in total. The number of pyridine rings is 1. The molecule has 4 nitrogen and oxygen atoms in total. The number of nitrogens with zero attached hydrogens (tertiary/aromatic N) is 1. The molecule has 0 bridgehead atoms. The van der Waals surface area contributed by atoms with E-state index >= 15 is 0 Å². The molecule has 0 aliphatic carbocycles.